The molecule has 0 aromatic carbocycles. The summed E-state index contributed by atoms with van der Waals surface area (Å²) in [7, 11) is 0. The number of hydrogen-bond donors (Lipinski definition) is 1. The standard InChI is InChI=1S/C12H17N3S2/c1-4-13-12-14-10-9(5-6-16-10)11(15-12)17-7-8(2)3/h5-6,8H,4,7H2,1-3H3,(H,13,14,15). The van der Waals surface area contributed by atoms with Crippen LogP contribution in [0.15, 0.2) is 16.5 Å². The summed E-state index contributed by atoms with van der Waals surface area (Å²) in [5.41, 5.74) is 0. The Kier molecular flexibility index (Phi) is 4.23. The topological polar surface area (TPSA) is 37.8 Å². The van der Waals surface area contributed by atoms with Crippen molar-refractivity contribution in [3.8, 4) is 0 Å². The molecule has 3 nitrogen and oxygen atoms in total. The lowest BCUT2D eigenvalue weighted by Gasteiger charge is -2.07. The van der Waals surface area contributed by atoms with E-state index in [0.29, 0.717) is 5.92 Å². The molecule has 2 heterocycles. The lowest BCUT2D eigenvalue weighted by molar-refractivity contribution is 0.749. The van der Waals surface area contributed by atoms with Crippen LogP contribution in [0.3, 0.4) is 0 Å². The molecule has 0 saturated carbocycles. The Labute approximate surface area is 110 Å². The van der Waals surface area contributed by atoms with Crippen LogP contribution in [0.2, 0.25) is 0 Å². The van der Waals surface area contributed by atoms with E-state index in [0.717, 1.165) is 28.1 Å². The summed E-state index contributed by atoms with van der Waals surface area (Å²) >= 11 is 3.49. The monoisotopic (exact) mass is 267 g/mol. The first-order valence-corrected chi connectivity index (χ1v) is 7.69. The molecule has 5 heteroatoms. The first kappa shape index (κ1) is 12.6. The van der Waals surface area contributed by atoms with Gasteiger partial charge in [0.2, 0.25) is 5.95 Å². The Morgan fingerprint density at radius 2 is 2.24 bits per heavy atom. The van der Waals surface area contributed by atoms with Crippen LogP contribution in [0.4, 0.5) is 5.95 Å². The van der Waals surface area contributed by atoms with Gasteiger partial charge in [-0.25, -0.2) is 9.97 Å². The largest absolute Gasteiger partial charge is 0.354 e. The summed E-state index contributed by atoms with van der Waals surface area (Å²) in [5.74, 6) is 2.51. The third-order valence-electron chi connectivity index (χ3n) is 2.18. The molecule has 0 fully saturated rings. The molecule has 2 aromatic rings. The van der Waals surface area contributed by atoms with Crippen LogP contribution >= 0.6 is 23.1 Å². The molecule has 92 valence electrons. The Morgan fingerprint density at radius 3 is 2.94 bits per heavy atom. The van der Waals surface area contributed by atoms with Gasteiger partial charge in [-0.15, -0.1) is 23.1 Å². The highest BCUT2D eigenvalue weighted by Gasteiger charge is 2.09. The number of fused-ring (bicyclic) bond motifs is 1. The number of aromatic nitrogens is 2. The molecule has 0 atom stereocenters. The minimum absolute atomic E-state index is 0.672. The Bertz CT molecular complexity index is 493. The van der Waals surface area contributed by atoms with Gasteiger partial charge in [0, 0.05) is 17.7 Å². The number of nitrogens with zero attached hydrogens (tertiary/aromatic N) is 2. The fourth-order valence-electron chi connectivity index (χ4n) is 1.42. The lowest BCUT2D eigenvalue weighted by atomic mass is 10.3. The van der Waals surface area contributed by atoms with Crippen molar-refractivity contribution in [1.82, 2.24) is 9.97 Å². The van der Waals surface area contributed by atoms with Gasteiger partial charge in [-0.05, 0) is 24.3 Å². The van der Waals surface area contributed by atoms with Crippen molar-refractivity contribution in [3.05, 3.63) is 11.4 Å². The van der Waals surface area contributed by atoms with Crippen molar-refractivity contribution < 1.29 is 0 Å². The maximum Gasteiger partial charge on any atom is 0.225 e. The quantitative estimate of drug-likeness (QED) is 0.659. The van der Waals surface area contributed by atoms with Crippen molar-refractivity contribution in [2.24, 2.45) is 5.92 Å². The van der Waals surface area contributed by atoms with Crippen molar-refractivity contribution in [1.29, 1.82) is 0 Å². The second kappa shape index (κ2) is 5.69. The molecular weight excluding hydrogens is 250 g/mol. The average Bonchev–Trinajstić information content (AvgIpc) is 2.74. The highest BCUT2D eigenvalue weighted by atomic mass is 32.2. The predicted molar refractivity (Wildman–Crippen MR) is 77.1 cm³/mol. The summed E-state index contributed by atoms with van der Waals surface area (Å²) in [4.78, 5) is 10.1. The number of nitrogens with one attached hydrogen (secondary N) is 1. The molecule has 0 aliphatic rings. The van der Waals surface area contributed by atoms with Crippen molar-refractivity contribution in [2.45, 2.75) is 25.8 Å². The number of thioether (sulfide) groups is 1. The van der Waals surface area contributed by atoms with Crippen LogP contribution in [0.5, 0.6) is 0 Å². The van der Waals surface area contributed by atoms with E-state index in [4.69, 9.17) is 0 Å². The van der Waals surface area contributed by atoms with Gasteiger partial charge in [-0.1, -0.05) is 13.8 Å². The van der Waals surface area contributed by atoms with Crippen molar-refractivity contribution in [3.63, 3.8) is 0 Å². The molecule has 0 unspecified atom stereocenters. The van der Waals surface area contributed by atoms with E-state index in [1.807, 2.05) is 11.8 Å². The Hall–Kier alpha value is -0.810. The number of hydrogen-bond acceptors (Lipinski definition) is 5. The van der Waals surface area contributed by atoms with Crippen molar-refractivity contribution >= 4 is 39.3 Å². The van der Waals surface area contributed by atoms with Gasteiger partial charge < -0.3 is 5.32 Å². The predicted octanol–water partition coefficient (Wildman–Crippen LogP) is 3.87. The van der Waals surface area contributed by atoms with Crippen LogP contribution in [0.1, 0.15) is 20.8 Å². The van der Waals surface area contributed by atoms with Crippen molar-refractivity contribution in [2.75, 3.05) is 17.6 Å². The second-order valence-electron chi connectivity index (χ2n) is 4.23. The molecule has 2 rings (SSSR count). The zero-order valence-corrected chi connectivity index (χ0v) is 12.0. The number of rotatable bonds is 5. The Balaban J connectivity index is 2.32. The molecule has 0 aliphatic carbocycles. The normalized spacial score (nSPS) is 11.3. The molecule has 1 N–H and O–H groups in total. The maximum atomic E-state index is 4.58. The van der Waals surface area contributed by atoms with E-state index >= 15 is 0 Å². The van der Waals surface area contributed by atoms with Crippen LogP contribution in [-0.4, -0.2) is 22.3 Å². The molecule has 0 bridgehead atoms. The molecule has 0 radical (unpaired) electrons. The summed E-state index contributed by atoms with van der Waals surface area (Å²) < 4.78 is 0. The minimum Gasteiger partial charge on any atom is -0.354 e. The van der Waals surface area contributed by atoms with E-state index in [2.05, 4.69) is 47.5 Å². The summed E-state index contributed by atoms with van der Waals surface area (Å²) in [6, 6.07) is 2.11. The van der Waals surface area contributed by atoms with Crippen LogP contribution < -0.4 is 5.32 Å². The van der Waals surface area contributed by atoms with E-state index in [9.17, 15) is 0 Å². The first-order valence-electron chi connectivity index (χ1n) is 5.82. The zero-order chi connectivity index (χ0) is 12.3. The van der Waals surface area contributed by atoms with Gasteiger partial charge in [0.05, 0.1) is 0 Å². The van der Waals surface area contributed by atoms with E-state index < -0.39 is 0 Å². The molecule has 0 aliphatic heterocycles. The fraction of sp³-hybridized carbons (Fsp3) is 0.500. The molecule has 0 spiro atoms. The smallest absolute Gasteiger partial charge is 0.225 e. The molecule has 0 saturated heterocycles. The minimum atomic E-state index is 0.672. The van der Waals surface area contributed by atoms with Gasteiger partial charge in [-0.2, -0.15) is 0 Å². The van der Waals surface area contributed by atoms with Gasteiger partial charge in [0.1, 0.15) is 9.86 Å². The number of anilines is 1. The van der Waals surface area contributed by atoms with Crippen LogP contribution in [0.25, 0.3) is 10.2 Å². The van der Waals surface area contributed by atoms with Gasteiger partial charge >= 0.3 is 0 Å². The van der Waals surface area contributed by atoms with Gasteiger partial charge in [0.15, 0.2) is 0 Å². The second-order valence-corrected chi connectivity index (χ2v) is 6.13. The summed E-state index contributed by atoms with van der Waals surface area (Å²) in [6.07, 6.45) is 0. The first-order chi connectivity index (χ1) is 8.20. The molecule has 0 amide bonds. The third kappa shape index (κ3) is 3.10. The third-order valence-corrected chi connectivity index (χ3v) is 4.40. The SMILES string of the molecule is CCNc1nc(SCC(C)C)c2ccsc2n1. The van der Waals surface area contributed by atoms with Gasteiger partial charge in [-0.3, -0.25) is 0 Å². The maximum absolute atomic E-state index is 4.58. The fourth-order valence-corrected chi connectivity index (χ4v) is 3.21. The Morgan fingerprint density at radius 1 is 1.41 bits per heavy atom. The van der Waals surface area contributed by atoms with E-state index in [1.54, 1.807) is 11.3 Å². The average molecular weight is 267 g/mol. The number of thiophene rings is 1. The van der Waals surface area contributed by atoms with Gasteiger partial charge in [0.25, 0.3) is 0 Å². The highest BCUT2D eigenvalue weighted by Crippen LogP contribution is 2.30. The zero-order valence-electron chi connectivity index (χ0n) is 10.4. The molecular formula is C12H17N3S2. The summed E-state index contributed by atoms with van der Waals surface area (Å²) in [5, 5.41) is 7.55. The van der Waals surface area contributed by atoms with E-state index in [-0.39, 0.29) is 0 Å². The molecule has 17 heavy (non-hydrogen) atoms. The lowest BCUT2D eigenvalue weighted by Crippen LogP contribution is -2.03. The summed E-state index contributed by atoms with van der Waals surface area (Å²) in [6.45, 7) is 7.36. The van der Waals surface area contributed by atoms with E-state index in [1.165, 1.54) is 5.39 Å². The van der Waals surface area contributed by atoms with Crippen LogP contribution in [-0.2, 0) is 0 Å². The van der Waals surface area contributed by atoms with Crippen LogP contribution in [0, 0.1) is 5.92 Å². The highest BCUT2D eigenvalue weighted by molar-refractivity contribution is 7.99. The molecule has 2 aromatic heterocycles.